The first-order valence-corrected chi connectivity index (χ1v) is 9.01. The monoisotopic (exact) mass is 248 g/mol. The van der Waals surface area contributed by atoms with Crippen LogP contribution in [0, 0.1) is 0 Å². The third-order valence-corrected chi connectivity index (χ3v) is 2.91. The summed E-state index contributed by atoms with van der Waals surface area (Å²) < 4.78 is 11.0. The number of methoxy groups -OCH3 is 1. The molecule has 1 aromatic rings. The quantitative estimate of drug-likeness (QED) is 0.445. The lowest BCUT2D eigenvalue weighted by atomic mass is 10.1. The van der Waals surface area contributed by atoms with Gasteiger partial charge in [-0.25, -0.2) is 0 Å². The highest BCUT2D eigenvalue weighted by molar-refractivity contribution is 6.70. The standard InChI is InChI=1S/C14H20O2Si/c1-12(16-17(3,4)5)14(11-15-2)13-9-7-6-8-10-13/h6-11H,1H2,2-5H3. The maximum absolute atomic E-state index is 5.90. The van der Waals surface area contributed by atoms with Crippen LogP contribution in [0.15, 0.2) is 48.9 Å². The van der Waals surface area contributed by atoms with Gasteiger partial charge in [-0.15, -0.1) is 0 Å². The molecule has 92 valence electrons. The average Bonchev–Trinajstić information content (AvgIpc) is 2.24. The molecule has 0 aromatic heterocycles. The van der Waals surface area contributed by atoms with Gasteiger partial charge in [0, 0.05) is 0 Å². The van der Waals surface area contributed by atoms with Crippen LogP contribution in [0.2, 0.25) is 19.6 Å². The van der Waals surface area contributed by atoms with Gasteiger partial charge < -0.3 is 9.16 Å². The lowest BCUT2D eigenvalue weighted by Gasteiger charge is -2.22. The summed E-state index contributed by atoms with van der Waals surface area (Å²) in [6.07, 6.45) is 1.68. The van der Waals surface area contributed by atoms with Crippen LogP contribution >= 0.6 is 0 Å². The fourth-order valence-corrected chi connectivity index (χ4v) is 2.30. The van der Waals surface area contributed by atoms with Crippen molar-refractivity contribution in [2.45, 2.75) is 19.6 Å². The number of ether oxygens (including phenoxy) is 1. The minimum absolute atomic E-state index is 0.678. The summed E-state index contributed by atoms with van der Waals surface area (Å²) >= 11 is 0. The molecule has 2 nitrogen and oxygen atoms in total. The zero-order valence-electron chi connectivity index (χ0n) is 11.0. The Morgan fingerprint density at radius 2 is 1.76 bits per heavy atom. The Morgan fingerprint density at radius 3 is 2.24 bits per heavy atom. The van der Waals surface area contributed by atoms with Gasteiger partial charge in [0.05, 0.1) is 18.9 Å². The third-order valence-electron chi connectivity index (χ3n) is 2.05. The minimum atomic E-state index is -1.64. The first-order valence-electron chi connectivity index (χ1n) is 5.61. The molecule has 0 fully saturated rings. The zero-order chi connectivity index (χ0) is 12.9. The van der Waals surface area contributed by atoms with Crippen molar-refractivity contribution >= 4 is 13.9 Å². The van der Waals surface area contributed by atoms with Crippen LogP contribution < -0.4 is 0 Å². The smallest absolute Gasteiger partial charge is 0.242 e. The van der Waals surface area contributed by atoms with E-state index in [1.54, 1.807) is 13.4 Å². The van der Waals surface area contributed by atoms with Crippen molar-refractivity contribution in [3.8, 4) is 0 Å². The highest BCUT2D eigenvalue weighted by atomic mass is 28.4. The van der Waals surface area contributed by atoms with Gasteiger partial charge in [-0.1, -0.05) is 36.9 Å². The first kappa shape index (κ1) is 13.6. The van der Waals surface area contributed by atoms with Crippen molar-refractivity contribution < 1.29 is 9.16 Å². The molecule has 0 bridgehead atoms. The van der Waals surface area contributed by atoms with Gasteiger partial charge in [-0.2, -0.15) is 0 Å². The van der Waals surface area contributed by atoms with Crippen LogP contribution in [0.1, 0.15) is 5.56 Å². The Morgan fingerprint density at radius 1 is 1.18 bits per heavy atom. The largest absolute Gasteiger partial charge is 0.544 e. The number of hydrogen-bond donors (Lipinski definition) is 0. The molecule has 0 aliphatic carbocycles. The molecule has 1 rings (SSSR count). The molecule has 3 heteroatoms. The number of benzene rings is 1. The summed E-state index contributed by atoms with van der Waals surface area (Å²) in [6.45, 7) is 10.4. The van der Waals surface area contributed by atoms with Gasteiger partial charge >= 0.3 is 0 Å². The fraction of sp³-hybridized carbons (Fsp3) is 0.286. The van der Waals surface area contributed by atoms with Crippen LogP contribution in [-0.2, 0) is 9.16 Å². The molecule has 0 unspecified atom stereocenters. The molecule has 0 heterocycles. The van der Waals surface area contributed by atoms with Gasteiger partial charge in [-0.05, 0) is 25.2 Å². The van der Waals surface area contributed by atoms with Crippen molar-refractivity contribution in [2.75, 3.05) is 7.11 Å². The average molecular weight is 248 g/mol. The number of hydrogen-bond acceptors (Lipinski definition) is 2. The molecule has 1 aromatic carbocycles. The molecular weight excluding hydrogens is 228 g/mol. The fourth-order valence-electron chi connectivity index (χ4n) is 1.45. The number of rotatable bonds is 5. The first-order chi connectivity index (χ1) is 7.94. The van der Waals surface area contributed by atoms with E-state index in [1.807, 2.05) is 30.3 Å². The zero-order valence-corrected chi connectivity index (χ0v) is 12.0. The molecular formula is C14H20O2Si. The second-order valence-electron chi connectivity index (χ2n) is 4.77. The highest BCUT2D eigenvalue weighted by Gasteiger charge is 2.19. The molecule has 17 heavy (non-hydrogen) atoms. The van der Waals surface area contributed by atoms with Crippen LogP contribution in [0.5, 0.6) is 0 Å². The minimum Gasteiger partial charge on any atom is -0.544 e. The van der Waals surface area contributed by atoms with Crippen molar-refractivity contribution in [3.63, 3.8) is 0 Å². The van der Waals surface area contributed by atoms with Crippen LogP contribution in [0.25, 0.3) is 5.57 Å². The van der Waals surface area contributed by atoms with Crippen LogP contribution in [0.3, 0.4) is 0 Å². The van der Waals surface area contributed by atoms with Crippen molar-refractivity contribution in [2.24, 2.45) is 0 Å². The molecule has 0 amide bonds. The molecule has 0 saturated carbocycles. The van der Waals surface area contributed by atoms with Crippen molar-refractivity contribution in [3.05, 3.63) is 54.5 Å². The Bertz CT molecular complexity index is 402. The Hall–Kier alpha value is -1.48. The van der Waals surface area contributed by atoms with E-state index in [4.69, 9.17) is 9.16 Å². The summed E-state index contributed by atoms with van der Waals surface area (Å²) in [5, 5.41) is 0. The molecule has 0 spiro atoms. The normalized spacial score (nSPS) is 12.1. The van der Waals surface area contributed by atoms with E-state index in [9.17, 15) is 0 Å². The van der Waals surface area contributed by atoms with E-state index in [-0.39, 0.29) is 0 Å². The lowest BCUT2D eigenvalue weighted by Crippen LogP contribution is -2.24. The van der Waals surface area contributed by atoms with Crippen LogP contribution in [0.4, 0.5) is 0 Å². The van der Waals surface area contributed by atoms with E-state index < -0.39 is 8.32 Å². The summed E-state index contributed by atoms with van der Waals surface area (Å²) in [7, 11) is -0.0112. The van der Waals surface area contributed by atoms with E-state index in [2.05, 4.69) is 26.2 Å². The third kappa shape index (κ3) is 4.49. The Labute approximate surface area is 105 Å². The van der Waals surface area contributed by atoms with Gasteiger partial charge in [0.25, 0.3) is 0 Å². The van der Waals surface area contributed by atoms with E-state index in [0.29, 0.717) is 5.76 Å². The molecule has 0 aliphatic heterocycles. The second-order valence-corrected chi connectivity index (χ2v) is 9.20. The highest BCUT2D eigenvalue weighted by Crippen LogP contribution is 2.25. The SMILES string of the molecule is C=C(O[Si](C)(C)C)C(=COC)c1ccccc1. The summed E-state index contributed by atoms with van der Waals surface area (Å²) in [6, 6.07) is 9.99. The maximum atomic E-state index is 5.90. The summed E-state index contributed by atoms with van der Waals surface area (Å²) in [5.41, 5.74) is 1.95. The van der Waals surface area contributed by atoms with Gasteiger partial charge in [0.15, 0.2) is 0 Å². The molecule has 0 N–H and O–H groups in total. The van der Waals surface area contributed by atoms with E-state index >= 15 is 0 Å². The molecule has 0 radical (unpaired) electrons. The second kappa shape index (κ2) is 5.73. The molecule has 0 atom stereocenters. The lowest BCUT2D eigenvalue weighted by molar-refractivity contribution is 0.337. The van der Waals surface area contributed by atoms with E-state index in [1.165, 1.54) is 0 Å². The van der Waals surface area contributed by atoms with Gasteiger partial charge in [-0.3, -0.25) is 0 Å². The Balaban J connectivity index is 2.96. The predicted molar refractivity (Wildman–Crippen MR) is 75.0 cm³/mol. The predicted octanol–water partition coefficient (Wildman–Crippen LogP) is 4.04. The van der Waals surface area contributed by atoms with Gasteiger partial charge in [0.1, 0.15) is 5.76 Å². The van der Waals surface area contributed by atoms with Crippen LogP contribution in [-0.4, -0.2) is 15.4 Å². The summed E-state index contributed by atoms with van der Waals surface area (Å²) in [4.78, 5) is 0. The summed E-state index contributed by atoms with van der Waals surface area (Å²) in [5.74, 6) is 0.678. The maximum Gasteiger partial charge on any atom is 0.242 e. The van der Waals surface area contributed by atoms with Crippen molar-refractivity contribution in [1.29, 1.82) is 0 Å². The van der Waals surface area contributed by atoms with Gasteiger partial charge in [0.2, 0.25) is 8.32 Å². The van der Waals surface area contributed by atoms with Crippen molar-refractivity contribution in [1.82, 2.24) is 0 Å². The Kier molecular flexibility index (Phi) is 4.58. The molecule has 0 saturated heterocycles. The van der Waals surface area contributed by atoms with E-state index in [0.717, 1.165) is 11.1 Å². The number of allylic oxidation sites excluding steroid dienone is 1. The topological polar surface area (TPSA) is 18.5 Å². The molecule has 0 aliphatic rings.